The summed E-state index contributed by atoms with van der Waals surface area (Å²) in [5.74, 6) is 0.196. The smallest absolute Gasteiger partial charge is 0.338 e. The minimum Gasteiger partial charge on any atom is -0.452 e. The molecule has 0 fully saturated rings. The van der Waals surface area contributed by atoms with Crippen molar-refractivity contribution in [1.29, 1.82) is 0 Å². The van der Waals surface area contributed by atoms with Crippen LogP contribution in [0, 0.1) is 0 Å². The first-order valence-corrected chi connectivity index (χ1v) is 8.60. The van der Waals surface area contributed by atoms with Crippen molar-refractivity contribution in [3.63, 3.8) is 0 Å². The largest absolute Gasteiger partial charge is 0.452 e. The summed E-state index contributed by atoms with van der Waals surface area (Å²) in [5, 5.41) is 7.85. The maximum Gasteiger partial charge on any atom is 0.338 e. The maximum absolute atomic E-state index is 12.1. The number of rotatable bonds is 6. The summed E-state index contributed by atoms with van der Waals surface area (Å²) < 4.78 is 16.7. The Hall–Kier alpha value is -2.03. The molecule has 0 unspecified atom stereocenters. The number of ether oxygens (including phenoxy) is 2. The predicted molar refractivity (Wildman–Crippen MR) is 91.6 cm³/mol. The quantitative estimate of drug-likeness (QED) is 0.572. The molecule has 0 aliphatic rings. The number of benzene rings is 1. The van der Waals surface area contributed by atoms with Gasteiger partial charge in [-0.2, -0.15) is 0 Å². The summed E-state index contributed by atoms with van der Waals surface area (Å²) >= 11 is 4.86. The lowest BCUT2D eigenvalue weighted by Crippen LogP contribution is -2.06. The number of nitrogens with zero attached hydrogens (tertiary/aromatic N) is 2. The van der Waals surface area contributed by atoms with Crippen molar-refractivity contribution >= 4 is 33.2 Å². The second-order valence-corrected chi connectivity index (χ2v) is 7.28. The number of carbonyl (C=O) groups is 1. The molecule has 6 nitrogen and oxygen atoms in total. The van der Waals surface area contributed by atoms with Crippen LogP contribution >= 0.6 is 27.3 Å². The summed E-state index contributed by atoms with van der Waals surface area (Å²) in [6, 6.07) is 10.8. The lowest BCUT2D eigenvalue weighted by atomic mass is 10.1. The van der Waals surface area contributed by atoms with Gasteiger partial charge in [0.2, 0.25) is 0 Å². The fraction of sp³-hybridized carbons (Fsp3) is 0.188. The number of aromatic nitrogens is 2. The van der Waals surface area contributed by atoms with Crippen LogP contribution in [0.5, 0.6) is 0 Å². The van der Waals surface area contributed by atoms with E-state index in [1.807, 2.05) is 18.2 Å². The first-order valence-electron chi connectivity index (χ1n) is 6.99. The zero-order valence-corrected chi connectivity index (χ0v) is 15.1. The van der Waals surface area contributed by atoms with Gasteiger partial charge in [-0.25, -0.2) is 4.79 Å². The van der Waals surface area contributed by atoms with Crippen LogP contribution in [0.4, 0.5) is 0 Å². The van der Waals surface area contributed by atoms with Crippen molar-refractivity contribution in [2.75, 3.05) is 7.11 Å². The van der Waals surface area contributed by atoms with Crippen LogP contribution in [0.15, 0.2) is 44.6 Å². The molecule has 0 aliphatic carbocycles. The van der Waals surface area contributed by atoms with Gasteiger partial charge in [-0.1, -0.05) is 12.1 Å². The summed E-state index contributed by atoms with van der Waals surface area (Å²) in [4.78, 5) is 12.9. The van der Waals surface area contributed by atoms with E-state index in [0.29, 0.717) is 18.1 Å². The molecule has 8 heteroatoms. The zero-order valence-electron chi connectivity index (χ0n) is 12.7. The van der Waals surface area contributed by atoms with Gasteiger partial charge in [0.05, 0.1) is 20.8 Å². The van der Waals surface area contributed by atoms with Gasteiger partial charge in [0.1, 0.15) is 0 Å². The summed E-state index contributed by atoms with van der Waals surface area (Å²) in [7, 11) is 1.60. The number of halogens is 1. The third kappa shape index (κ3) is 4.08. The van der Waals surface area contributed by atoms with Crippen molar-refractivity contribution in [2.45, 2.75) is 13.2 Å². The van der Waals surface area contributed by atoms with Crippen LogP contribution in [-0.4, -0.2) is 23.3 Å². The molecule has 2 heterocycles. The highest BCUT2D eigenvalue weighted by Crippen LogP contribution is 2.30. The van der Waals surface area contributed by atoms with Gasteiger partial charge in [0, 0.05) is 7.11 Å². The van der Waals surface area contributed by atoms with E-state index in [1.54, 1.807) is 25.3 Å². The number of esters is 1. The van der Waals surface area contributed by atoms with Crippen molar-refractivity contribution in [2.24, 2.45) is 0 Å². The van der Waals surface area contributed by atoms with Crippen molar-refractivity contribution in [3.05, 3.63) is 57.2 Å². The number of thiophene rings is 1. The Kier molecular flexibility index (Phi) is 5.39. The van der Waals surface area contributed by atoms with Crippen molar-refractivity contribution < 1.29 is 18.7 Å². The molecule has 2 aromatic heterocycles. The van der Waals surface area contributed by atoms with E-state index in [0.717, 1.165) is 14.2 Å². The van der Waals surface area contributed by atoms with E-state index >= 15 is 0 Å². The summed E-state index contributed by atoms with van der Waals surface area (Å²) in [6.07, 6.45) is 0. The fourth-order valence-electron chi connectivity index (χ4n) is 2.01. The minimum atomic E-state index is -0.452. The molecule has 1 aromatic carbocycles. The highest BCUT2D eigenvalue weighted by Gasteiger charge is 2.13. The average molecular weight is 409 g/mol. The topological polar surface area (TPSA) is 74.5 Å². The Morgan fingerprint density at radius 1 is 1.25 bits per heavy atom. The molecule has 124 valence electrons. The molecule has 0 bridgehead atoms. The molecule has 0 N–H and O–H groups in total. The Morgan fingerprint density at radius 2 is 2.12 bits per heavy atom. The van der Waals surface area contributed by atoms with Gasteiger partial charge in [0.25, 0.3) is 11.8 Å². The molecule has 0 radical (unpaired) electrons. The van der Waals surface area contributed by atoms with E-state index < -0.39 is 5.97 Å². The second-order valence-electron chi connectivity index (χ2n) is 4.81. The van der Waals surface area contributed by atoms with Crippen molar-refractivity contribution in [1.82, 2.24) is 10.2 Å². The lowest BCUT2D eigenvalue weighted by molar-refractivity contribution is 0.0438. The van der Waals surface area contributed by atoms with Crippen LogP contribution in [0.1, 0.15) is 21.8 Å². The van der Waals surface area contributed by atoms with E-state index in [2.05, 4.69) is 26.1 Å². The molecule has 3 aromatic rings. The standard InChI is InChI=1S/C16H13BrN2O4S/c1-21-8-10-3-2-4-11(7-10)16(20)22-9-14-18-19-15(23-14)12-5-6-13(17)24-12/h2-7H,8-9H2,1H3. The Morgan fingerprint density at radius 3 is 2.88 bits per heavy atom. The first kappa shape index (κ1) is 16.8. The third-order valence-electron chi connectivity index (χ3n) is 3.05. The highest BCUT2D eigenvalue weighted by atomic mass is 79.9. The molecular formula is C16H13BrN2O4S. The highest BCUT2D eigenvalue weighted by molar-refractivity contribution is 9.11. The Labute approximate surface area is 150 Å². The molecule has 0 amide bonds. The third-order valence-corrected chi connectivity index (χ3v) is 4.66. The molecule has 0 spiro atoms. The van der Waals surface area contributed by atoms with E-state index in [9.17, 15) is 4.79 Å². The predicted octanol–water partition coefficient (Wildman–Crippen LogP) is 4.06. The van der Waals surface area contributed by atoms with Crippen molar-refractivity contribution in [3.8, 4) is 10.8 Å². The number of hydrogen-bond acceptors (Lipinski definition) is 7. The second kappa shape index (κ2) is 7.69. The van der Waals surface area contributed by atoms with Gasteiger partial charge in [-0.15, -0.1) is 21.5 Å². The van der Waals surface area contributed by atoms with Crippen LogP contribution < -0.4 is 0 Å². The first-order chi connectivity index (χ1) is 11.7. The maximum atomic E-state index is 12.1. The average Bonchev–Trinajstić information content (AvgIpc) is 3.22. The minimum absolute atomic E-state index is 0.0765. The summed E-state index contributed by atoms with van der Waals surface area (Å²) in [6.45, 7) is 0.359. The number of carbonyl (C=O) groups excluding carboxylic acids is 1. The number of hydrogen-bond donors (Lipinski definition) is 0. The lowest BCUT2D eigenvalue weighted by Gasteiger charge is -2.04. The normalized spacial score (nSPS) is 10.8. The van der Waals surface area contributed by atoms with Gasteiger partial charge < -0.3 is 13.9 Å². The molecule has 24 heavy (non-hydrogen) atoms. The molecule has 3 rings (SSSR count). The Balaban J connectivity index is 1.62. The van der Waals surface area contributed by atoms with Gasteiger partial charge in [0.15, 0.2) is 6.61 Å². The Bertz CT molecular complexity index is 846. The van der Waals surface area contributed by atoms with Gasteiger partial charge >= 0.3 is 5.97 Å². The van der Waals surface area contributed by atoms with Crippen LogP contribution in [0.2, 0.25) is 0 Å². The van der Waals surface area contributed by atoms with Crippen LogP contribution in [0.25, 0.3) is 10.8 Å². The summed E-state index contributed by atoms with van der Waals surface area (Å²) in [5.41, 5.74) is 1.35. The van der Waals surface area contributed by atoms with Gasteiger partial charge in [-0.3, -0.25) is 0 Å². The van der Waals surface area contributed by atoms with Crippen LogP contribution in [0.3, 0.4) is 0 Å². The van der Waals surface area contributed by atoms with Crippen LogP contribution in [-0.2, 0) is 22.7 Å². The molecule has 0 aliphatic heterocycles. The molecule has 0 saturated heterocycles. The van der Waals surface area contributed by atoms with E-state index in [4.69, 9.17) is 13.9 Å². The molecule has 0 atom stereocenters. The fourth-order valence-corrected chi connectivity index (χ4v) is 3.31. The number of methoxy groups -OCH3 is 1. The molecular weight excluding hydrogens is 396 g/mol. The van der Waals surface area contributed by atoms with E-state index in [1.165, 1.54) is 11.3 Å². The van der Waals surface area contributed by atoms with E-state index in [-0.39, 0.29) is 12.5 Å². The monoisotopic (exact) mass is 408 g/mol. The molecule has 0 saturated carbocycles. The SMILES string of the molecule is COCc1cccc(C(=O)OCc2nnc(-c3ccc(Br)s3)o2)c1. The zero-order chi connectivity index (χ0) is 16.9. The van der Waals surface area contributed by atoms with Gasteiger partial charge in [-0.05, 0) is 45.8 Å².